The maximum Gasteiger partial charge on any atom is 0.322 e. The summed E-state index contributed by atoms with van der Waals surface area (Å²) in [5.74, 6) is -0.846. The van der Waals surface area contributed by atoms with E-state index < -0.39 is 22.1 Å². The van der Waals surface area contributed by atoms with Crippen LogP contribution in [-0.4, -0.2) is 37.9 Å². The van der Waals surface area contributed by atoms with Gasteiger partial charge in [-0.05, 0) is 36.6 Å². The molecule has 23 heavy (non-hydrogen) atoms. The summed E-state index contributed by atoms with van der Waals surface area (Å²) in [5.41, 5.74) is 6.48. The minimum atomic E-state index is -4.42. The average molecular weight is 364 g/mol. The van der Waals surface area contributed by atoms with E-state index in [-0.39, 0.29) is 35.0 Å². The van der Waals surface area contributed by atoms with E-state index in [4.69, 9.17) is 21.9 Å². The molecule has 0 heterocycles. The van der Waals surface area contributed by atoms with E-state index in [1.807, 2.05) is 0 Å². The van der Waals surface area contributed by atoms with Gasteiger partial charge in [-0.1, -0.05) is 11.6 Å². The molecule has 0 bridgehead atoms. The number of methoxy groups -OCH3 is 1. The molecule has 7 nitrogen and oxygen atoms in total. The van der Waals surface area contributed by atoms with E-state index in [9.17, 15) is 18.0 Å². The average Bonchev–Trinajstić information content (AvgIpc) is 2.47. The highest BCUT2D eigenvalue weighted by Crippen LogP contribution is 2.25. The van der Waals surface area contributed by atoms with E-state index in [0.717, 1.165) is 6.07 Å². The van der Waals surface area contributed by atoms with Crippen molar-refractivity contribution in [3.63, 3.8) is 0 Å². The second-order valence-electron chi connectivity index (χ2n) is 5.05. The quantitative estimate of drug-likeness (QED) is 0.552. The molecule has 0 unspecified atom stereocenters. The Labute approximate surface area is 139 Å². The molecule has 0 radical (unpaired) electrons. The third-order valence-corrected chi connectivity index (χ3v) is 4.57. The van der Waals surface area contributed by atoms with Gasteiger partial charge < -0.3 is 10.5 Å². The van der Waals surface area contributed by atoms with Crippen molar-refractivity contribution < 1.29 is 27.3 Å². The van der Waals surface area contributed by atoms with Crippen LogP contribution >= 0.6 is 11.6 Å². The molecule has 1 rings (SSSR count). The predicted octanol–water partition coefficient (Wildman–Crippen LogP) is 1.29. The summed E-state index contributed by atoms with van der Waals surface area (Å²) in [5, 5.41) is 0.134. The number of carbonyl (C=O) groups excluding carboxylic acids is 2. The summed E-state index contributed by atoms with van der Waals surface area (Å²) in [6, 6.07) is 1.43. The molecule has 3 N–H and O–H groups in total. The molecule has 0 amide bonds. The van der Waals surface area contributed by atoms with Crippen LogP contribution in [0.3, 0.4) is 0 Å². The molecule has 1 aromatic carbocycles. The summed E-state index contributed by atoms with van der Waals surface area (Å²) in [4.78, 5) is 22.8. The van der Waals surface area contributed by atoms with E-state index in [2.05, 4.69) is 4.74 Å². The molecule has 0 saturated heterocycles. The van der Waals surface area contributed by atoms with Crippen LogP contribution in [0.2, 0.25) is 5.02 Å². The lowest BCUT2D eigenvalue weighted by Gasteiger charge is -2.11. The minimum Gasteiger partial charge on any atom is -0.468 e. The monoisotopic (exact) mass is 363 g/mol. The van der Waals surface area contributed by atoms with Gasteiger partial charge in [-0.2, -0.15) is 8.42 Å². The van der Waals surface area contributed by atoms with Gasteiger partial charge in [-0.25, -0.2) is 0 Å². The number of esters is 1. The Kier molecular flexibility index (Phi) is 6.69. The number of Topliss-reactive ketones (excluding diaryl/α,β-unsaturated/α-hetero) is 1. The summed E-state index contributed by atoms with van der Waals surface area (Å²) in [6.07, 6.45) is 0.0719. The van der Waals surface area contributed by atoms with Gasteiger partial charge >= 0.3 is 5.97 Å². The molecular weight excluding hydrogens is 346 g/mol. The zero-order chi connectivity index (χ0) is 17.8. The number of halogens is 1. The van der Waals surface area contributed by atoms with Crippen LogP contribution < -0.4 is 5.73 Å². The first-order valence-electron chi connectivity index (χ1n) is 6.68. The van der Waals surface area contributed by atoms with Gasteiger partial charge in [0.25, 0.3) is 10.1 Å². The first-order valence-corrected chi connectivity index (χ1v) is 8.49. The summed E-state index contributed by atoms with van der Waals surface area (Å²) >= 11 is 5.93. The molecule has 0 fully saturated rings. The first-order chi connectivity index (χ1) is 10.6. The van der Waals surface area contributed by atoms with Crippen LogP contribution in [0.1, 0.15) is 24.0 Å². The number of hydrogen-bond donors (Lipinski definition) is 2. The van der Waals surface area contributed by atoms with Gasteiger partial charge in [0.1, 0.15) is 11.8 Å². The Morgan fingerprint density at radius 2 is 2.00 bits per heavy atom. The van der Waals surface area contributed by atoms with Gasteiger partial charge in [0.2, 0.25) is 0 Å². The zero-order valence-electron chi connectivity index (χ0n) is 12.7. The smallest absolute Gasteiger partial charge is 0.322 e. The molecule has 9 heteroatoms. The van der Waals surface area contributed by atoms with Gasteiger partial charge in [0.05, 0.1) is 12.0 Å². The molecule has 0 spiro atoms. The lowest BCUT2D eigenvalue weighted by atomic mass is 10.00. The van der Waals surface area contributed by atoms with Gasteiger partial charge in [-0.15, -0.1) is 0 Å². The van der Waals surface area contributed by atoms with E-state index in [1.165, 1.54) is 13.2 Å². The second-order valence-corrected chi connectivity index (χ2v) is 6.88. The molecule has 0 aliphatic rings. The van der Waals surface area contributed by atoms with Crippen molar-refractivity contribution in [2.45, 2.75) is 37.1 Å². The maximum atomic E-state index is 12.0. The van der Waals surface area contributed by atoms with Crippen molar-refractivity contribution in [1.82, 2.24) is 0 Å². The third-order valence-electron chi connectivity index (χ3n) is 3.35. The Balaban J connectivity index is 2.86. The fourth-order valence-corrected chi connectivity index (χ4v) is 2.79. The number of nitrogens with two attached hydrogens (primary N) is 1. The number of carbonyl (C=O) groups is 2. The number of rotatable bonds is 7. The van der Waals surface area contributed by atoms with Crippen molar-refractivity contribution in [3.8, 4) is 0 Å². The van der Waals surface area contributed by atoms with Gasteiger partial charge in [-0.3, -0.25) is 14.1 Å². The van der Waals surface area contributed by atoms with Crippen molar-refractivity contribution >= 4 is 33.5 Å². The predicted molar refractivity (Wildman–Crippen MR) is 83.9 cm³/mol. The maximum absolute atomic E-state index is 12.0. The molecule has 1 aromatic rings. The number of ether oxygens (including phenoxy) is 1. The van der Waals surface area contributed by atoms with E-state index in [1.54, 1.807) is 6.92 Å². The Morgan fingerprint density at radius 3 is 2.52 bits per heavy atom. The fraction of sp³-hybridized carbons (Fsp3) is 0.429. The molecule has 0 aromatic heterocycles. The molecule has 0 aliphatic heterocycles. The highest BCUT2D eigenvalue weighted by atomic mass is 35.5. The minimum absolute atomic E-state index is 0.0312. The standard InChI is InChI=1S/C14H18ClNO6S/c1-8-9(6-11(7-12(8)15)23(19,20)21)5-10(17)3-4-13(16)14(18)22-2/h6-7,13H,3-5,16H2,1-2H3,(H,19,20,21)/t13-/m0/s1. The van der Waals surface area contributed by atoms with Gasteiger partial charge in [0.15, 0.2) is 0 Å². The van der Waals surface area contributed by atoms with Crippen LogP contribution in [0.4, 0.5) is 0 Å². The van der Waals surface area contributed by atoms with Crippen LogP contribution in [0.5, 0.6) is 0 Å². The van der Waals surface area contributed by atoms with Gasteiger partial charge in [0, 0.05) is 17.9 Å². The second kappa shape index (κ2) is 7.87. The van der Waals surface area contributed by atoms with Crippen molar-refractivity contribution in [1.29, 1.82) is 0 Å². The summed E-state index contributed by atoms with van der Waals surface area (Å²) in [6.45, 7) is 1.64. The highest BCUT2D eigenvalue weighted by Gasteiger charge is 2.18. The molecule has 0 saturated carbocycles. The van der Waals surface area contributed by atoms with E-state index in [0.29, 0.717) is 11.1 Å². The van der Waals surface area contributed by atoms with Crippen molar-refractivity contribution in [2.24, 2.45) is 5.73 Å². The molecule has 128 valence electrons. The van der Waals surface area contributed by atoms with Crippen molar-refractivity contribution in [2.75, 3.05) is 7.11 Å². The topological polar surface area (TPSA) is 124 Å². The molecule has 1 atom stereocenters. The van der Waals surface area contributed by atoms with Crippen molar-refractivity contribution in [3.05, 3.63) is 28.3 Å². The van der Waals surface area contributed by atoms with Crippen LogP contribution in [0.25, 0.3) is 0 Å². The van der Waals surface area contributed by atoms with Crippen LogP contribution in [0.15, 0.2) is 17.0 Å². The normalized spacial score (nSPS) is 12.7. The molecule has 0 aliphatic carbocycles. The number of hydrogen-bond acceptors (Lipinski definition) is 6. The first kappa shape index (κ1) is 19.6. The summed E-state index contributed by atoms with van der Waals surface area (Å²) < 4.78 is 36.0. The number of ketones is 1. The Hall–Kier alpha value is -1.48. The Morgan fingerprint density at radius 1 is 1.39 bits per heavy atom. The zero-order valence-corrected chi connectivity index (χ0v) is 14.3. The van der Waals surface area contributed by atoms with E-state index >= 15 is 0 Å². The number of benzene rings is 1. The van der Waals surface area contributed by atoms with Crippen LogP contribution in [-0.2, 0) is 30.9 Å². The fourth-order valence-electron chi connectivity index (χ4n) is 1.93. The lowest BCUT2D eigenvalue weighted by molar-refractivity contribution is -0.142. The Bertz CT molecular complexity index is 716. The van der Waals surface area contributed by atoms with Crippen LogP contribution in [0, 0.1) is 6.92 Å². The largest absolute Gasteiger partial charge is 0.468 e. The summed E-state index contributed by atoms with van der Waals surface area (Å²) in [7, 11) is -3.21. The molecular formula is C14H18ClNO6S. The lowest BCUT2D eigenvalue weighted by Crippen LogP contribution is -2.32. The highest BCUT2D eigenvalue weighted by molar-refractivity contribution is 7.85. The SMILES string of the molecule is COC(=O)[C@@H](N)CCC(=O)Cc1cc(S(=O)(=O)O)cc(Cl)c1C. The third kappa shape index (κ3) is 5.58.